The number of carbonyl (C=O) groups is 1. The molecule has 0 aromatic heterocycles. The molecule has 2 aromatic rings. The quantitative estimate of drug-likeness (QED) is 0.758. The second-order valence-corrected chi connectivity index (χ2v) is 8.70. The SMILES string of the molecule is CN1CCC(Cc2ccccc2)(N2CCN(C(=O)OCc3ccccc3)CC2)CC1. The average molecular weight is 408 g/mol. The van der Waals surface area contributed by atoms with Crippen molar-refractivity contribution >= 4 is 6.09 Å². The molecule has 0 bridgehead atoms. The van der Waals surface area contributed by atoms with Crippen molar-refractivity contribution in [2.45, 2.75) is 31.4 Å². The first kappa shape index (κ1) is 20.9. The summed E-state index contributed by atoms with van der Waals surface area (Å²) >= 11 is 0. The molecule has 160 valence electrons. The van der Waals surface area contributed by atoms with Gasteiger partial charge >= 0.3 is 6.09 Å². The van der Waals surface area contributed by atoms with E-state index in [2.05, 4.69) is 47.2 Å². The van der Waals surface area contributed by atoms with Gasteiger partial charge in [-0.3, -0.25) is 4.90 Å². The minimum Gasteiger partial charge on any atom is -0.445 e. The summed E-state index contributed by atoms with van der Waals surface area (Å²) in [5.74, 6) is 0. The number of likely N-dealkylation sites (tertiary alicyclic amines) is 1. The Morgan fingerprint density at radius 2 is 1.40 bits per heavy atom. The predicted octanol–water partition coefficient (Wildman–Crippen LogP) is 3.65. The lowest BCUT2D eigenvalue weighted by Gasteiger charge is -2.51. The van der Waals surface area contributed by atoms with Crippen LogP contribution in [0, 0.1) is 0 Å². The van der Waals surface area contributed by atoms with Crippen LogP contribution in [0.3, 0.4) is 0 Å². The lowest BCUT2D eigenvalue weighted by atomic mass is 9.80. The fourth-order valence-corrected chi connectivity index (χ4v) is 4.79. The summed E-state index contributed by atoms with van der Waals surface area (Å²) in [6, 6.07) is 20.7. The first-order valence-electron chi connectivity index (χ1n) is 11.1. The molecule has 0 N–H and O–H groups in total. The first-order chi connectivity index (χ1) is 14.6. The van der Waals surface area contributed by atoms with E-state index in [4.69, 9.17) is 4.74 Å². The van der Waals surface area contributed by atoms with E-state index in [1.807, 2.05) is 35.2 Å². The van der Waals surface area contributed by atoms with Gasteiger partial charge in [0.05, 0.1) is 0 Å². The molecule has 5 heteroatoms. The molecule has 2 aliphatic rings. The Kier molecular flexibility index (Phi) is 6.70. The number of benzene rings is 2. The number of piperazine rings is 1. The van der Waals surface area contributed by atoms with Crippen LogP contribution in [-0.2, 0) is 17.8 Å². The number of rotatable bonds is 5. The molecule has 30 heavy (non-hydrogen) atoms. The van der Waals surface area contributed by atoms with Gasteiger partial charge in [0.15, 0.2) is 0 Å². The van der Waals surface area contributed by atoms with Crippen molar-refractivity contribution in [1.29, 1.82) is 0 Å². The zero-order chi connectivity index (χ0) is 20.8. The molecule has 2 fully saturated rings. The number of nitrogens with zero attached hydrogens (tertiary/aromatic N) is 3. The summed E-state index contributed by atoms with van der Waals surface area (Å²) in [7, 11) is 2.22. The highest BCUT2D eigenvalue weighted by Gasteiger charge is 2.41. The zero-order valence-corrected chi connectivity index (χ0v) is 18.0. The molecule has 2 aliphatic heterocycles. The Morgan fingerprint density at radius 3 is 2.00 bits per heavy atom. The number of carbonyl (C=O) groups excluding carboxylic acids is 1. The molecule has 5 nitrogen and oxygen atoms in total. The largest absolute Gasteiger partial charge is 0.445 e. The maximum Gasteiger partial charge on any atom is 0.410 e. The highest BCUT2D eigenvalue weighted by molar-refractivity contribution is 5.67. The van der Waals surface area contributed by atoms with Crippen molar-refractivity contribution < 1.29 is 9.53 Å². The smallest absolute Gasteiger partial charge is 0.410 e. The van der Waals surface area contributed by atoms with Crippen LogP contribution in [0.15, 0.2) is 60.7 Å². The topological polar surface area (TPSA) is 36.0 Å². The van der Waals surface area contributed by atoms with E-state index in [0.717, 1.165) is 51.3 Å². The van der Waals surface area contributed by atoms with E-state index in [1.165, 1.54) is 18.4 Å². The Morgan fingerprint density at radius 1 is 0.833 bits per heavy atom. The van der Waals surface area contributed by atoms with Gasteiger partial charge in [0.25, 0.3) is 0 Å². The molecule has 0 atom stereocenters. The highest BCUT2D eigenvalue weighted by Crippen LogP contribution is 2.33. The number of piperidine rings is 1. The van der Waals surface area contributed by atoms with Crippen molar-refractivity contribution in [3.8, 4) is 0 Å². The van der Waals surface area contributed by atoms with Crippen LogP contribution < -0.4 is 0 Å². The van der Waals surface area contributed by atoms with Crippen molar-refractivity contribution in [2.75, 3.05) is 46.3 Å². The van der Waals surface area contributed by atoms with Crippen molar-refractivity contribution in [3.05, 3.63) is 71.8 Å². The summed E-state index contributed by atoms with van der Waals surface area (Å²) in [5.41, 5.74) is 2.62. The van der Waals surface area contributed by atoms with Gasteiger partial charge in [-0.1, -0.05) is 60.7 Å². The highest BCUT2D eigenvalue weighted by atomic mass is 16.6. The Hall–Kier alpha value is -2.37. The standard InChI is InChI=1S/C25H33N3O2/c1-26-14-12-25(13-15-26,20-22-8-4-2-5-9-22)28-18-16-27(17-19-28)24(29)30-21-23-10-6-3-7-11-23/h2-11H,12-21H2,1H3. The molecule has 0 radical (unpaired) electrons. The average Bonchev–Trinajstić information content (AvgIpc) is 2.81. The fourth-order valence-electron chi connectivity index (χ4n) is 4.79. The van der Waals surface area contributed by atoms with E-state index >= 15 is 0 Å². The van der Waals surface area contributed by atoms with Crippen LogP contribution in [-0.4, -0.2) is 72.6 Å². The molecule has 2 saturated heterocycles. The summed E-state index contributed by atoms with van der Waals surface area (Å²) in [6.45, 7) is 5.90. The second kappa shape index (κ2) is 9.63. The number of ether oxygens (including phenoxy) is 1. The molecular formula is C25H33N3O2. The third kappa shape index (κ3) is 5.02. The molecule has 2 heterocycles. The first-order valence-corrected chi connectivity index (χ1v) is 11.1. The Bertz CT molecular complexity index is 796. The molecule has 1 amide bonds. The molecule has 0 aliphatic carbocycles. The maximum atomic E-state index is 12.5. The van der Waals surface area contributed by atoms with Gasteiger partial charge in [0.2, 0.25) is 0 Å². The van der Waals surface area contributed by atoms with Gasteiger partial charge in [-0.15, -0.1) is 0 Å². The summed E-state index contributed by atoms with van der Waals surface area (Å²) in [6.07, 6.45) is 3.24. The molecule has 0 spiro atoms. The summed E-state index contributed by atoms with van der Waals surface area (Å²) < 4.78 is 5.54. The number of hydrogen-bond donors (Lipinski definition) is 0. The second-order valence-electron chi connectivity index (χ2n) is 8.70. The van der Waals surface area contributed by atoms with Crippen molar-refractivity contribution in [3.63, 3.8) is 0 Å². The van der Waals surface area contributed by atoms with Crippen molar-refractivity contribution in [2.24, 2.45) is 0 Å². The van der Waals surface area contributed by atoms with Crippen LogP contribution in [0.2, 0.25) is 0 Å². The molecule has 4 rings (SSSR count). The fraction of sp³-hybridized carbons (Fsp3) is 0.480. The van der Waals surface area contributed by atoms with Crippen LogP contribution in [0.4, 0.5) is 4.79 Å². The Balaban J connectivity index is 1.36. The van der Waals surface area contributed by atoms with Crippen LogP contribution in [0.5, 0.6) is 0 Å². The number of hydrogen-bond acceptors (Lipinski definition) is 4. The van der Waals surface area contributed by atoms with Gasteiger partial charge in [0.1, 0.15) is 6.61 Å². The molecular weight excluding hydrogens is 374 g/mol. The van der Waals surface area contributed by atoms with Gasteiger partial charge < -0.3 is 14.5 Å². The summed E-state index contributed by atoms with van der Waals surface area (Å²) in [4.78, 5) is 19.5. The summed E-state index contributed by atoms with van der Waals surface area (Å²) in [5, 5.41) is 0. The van der Waals surface area contributed by atoms with Gasteiger partial charge in [-0.25, -0.2) is 4.79 Å². The third-order valence-electron chi connectivity index (χ3n) is 6.71. The minimum absolute atomic E-state index is 0.188. The Labute approximate surface area is 180 Å². The number of amides is 1. The lowest BCUT2D eigenvalue weighted by molar-refractivity contribution is -0.00814. The zero-order valence-electron chi connectivity index (χ0n) is 18.0. The van der Waals surface area contributed by atoms with E-state index in [0.29, 0.717) is 6.61 Å². The van der Waals surface area contributed by atoms with Gasteiger partial charge in [0, 0.05) is 31.7 Å². The minimum atomic E-state index is -0.195. The molecule has 0 unspecified atom stereocenters. The van der Waals surface area contributed by atoms with E-state index in [-0.39, 0.29) is 11.6 Å². The van der Waals surface area contributed by atoms with Gasteiger partial charge in [-0.05, 0) is 50.5 Å². The van der Waals surface area contributed by atoms with E-state index < -0.39 is 0 Å². The van der Waals surface area contributed by atoms with E-state index in [1.54, 1.807) is 0 Å². The molecule has 2 aromatic carbocycles. The maximum absolute atomic E-state index is 12.5. The lowest BCUT2D eigenvalue weighted by Crippen LogP contribution is -2.62. The molecule has 0 saturated carbocycles. The van der Waals surface area contributed by atoms with Crippen LogP contribution >= 0.6 is 0 Å². The normalized spacial score (nSPS) is 20.1. The van der Waals surface area contributed by atoms with Crippen molar-refractivity contribution in [1.82, 2.24) is 14.7 Å². The monoisotopic (exact) mass is 407 g/mol. The van der Waals surface area contributed by atoms with Crippen LogP contribution in [0.25, 0.3) is 0 Å². The third-order valence-corrected chi connectivity index (χ3v) is 6.71. The van der Waals surface area contributed by atoms with Gasteiger partial charge in [-0.2, -0.15) is 0 Å². The van der Waals surface area contributed by atoms with E-state index in [9.17, 15) is 4.79 Å². The van der Waals surface area contributed by atoms with Crippen LogP contribution in [0.1, 0.15) is 24.0 Å². The predicted molar refractivity (Wildman–Crippen MR) is 119 cm³/mol.